The van der Waals surface area contributed by atoms with E-state index in [4.69, 9.17) is 23.2 Å². The Morgan fingerprint density at radius 2 is 1.91 bits per heavy atom. The van der Waals surface area contributed by atoms with E-state index in [1.54, 1.807) is 0 Å². The van der Waals surface area contributed by atoms with Gasteiger partial charge in [-0.05, 0) is 25.0 Å². The van der Waals surface area contributed by atoms with E-state index in [-0.39, 0.29) is 29.4 Å². The highest BCUT2D eigenvalue weighted by Gasteiger charge is 2.44. The molecule has 0 saturated carbocycles. The third kappa shape index (κ3) is 3.45. The molecule has 10 heteroatoms. The number of hydrogen-bond donors (Lipinski definition) is 1. The zero-order valence-corrected chi connectivity index (χ0v) is 13.4. The minimum Gasteiger partial charge on any atom is -0.505 e. The van der Waals surface area contributed by atoms with Gasteiger partial charge in [0.05, 0.1) is 10.9 Å². The van der Waals surface area contributed by atoms with Crippen LogP contribution in [0, 0.1) is 5.92 Å². The Labute approximate surface area is 135 Å². The zero-order chi connectivity index (χ0) is 16.7. The van der Waals surface area contributed by atoms with Crippen molar-refractivity contribution < 1.29 is 26.7 Å². The highest BCUT2D eigenvalue weighted by Crippen LogP contribution is 2.39. The average Bonchev–Trinajstić information content (AvgIpc) is 2.42. The van der Waals surface area contributed by atoms with Gasteiger partial charge < -0.3 is 5.11 Å². The maximum atomic E-state index is 12.8. The molecule has 0 spiro atoms. The van der Waals surface area contributed by atoms with Gasteiger partial charge in [-0.25, -0.2) is 8.42 Å². The molecule has 0 aliphatic carbocycles. The number of rotatable bonds is 2. The normalized spacial score (nSPS) is 21.0. The molecule has 22 heavy (non-hydrogen) atoms. The monoisotopic (exact) mass is 377 g/mol. The second kappa shape index (κ2) is 6.07. The van der Waals surface area contributed by atoms with E-state index in [9.17, 15) is 26.7 Å². The summed E-state index contributed by atoms with van der Waals surface area (Å²) >= 11 is 11.4. The van der Waals surface area contributed by atoms with Crippen molar-refractivity contribution in [3.63, 3.8) is 0 Å². The molecule has 2 rings (SSSR count). The number of phenolic OH excluding ortho intramolecular Hbond substituents is 1. The van der Waals surface area contributed by atoms with Gasteiger partial charge in [0.25, 0.3) is 0 Å². The van der Waals surface area contributed by atoms with Crippen molar-refractivity contribution in [2.24, 2.45) is 5.92 Å². The van der Waals surface area contributed by atoms with Gasteiger partial charge in [0, 0.05) is 18.1 Å². The van der Waals surface area contributed by atoms with Gasteiger partial charge >= 0.3 is 6.18 Å². The number of nitrogens with zero attached hydrogens (tertiary/aromatic N) is 1. The summed E-state index contributed by atoms with van der Waals surface area (Å²) in [5.41, 5.74) is 0. The molecule has 0 amide bonds. The van der Waals surface area contributed by atoms with Gasteiger partial charge in [-0.15, -0.1) is 0 Å². The Morgan fingerprint density at radius 3 is 2.50 bits per heavy atom. The highest BCUT2D eigenvalue weighted by atomic mass is 35.5. The van der Waals surface area contributed by atoms with E-state index >= 15 is 0 Å². The molecule has 0 bridgehead atoms. The molecule has 4 nitrogen and oxygen atoms in total. The zero-order valence-electron chi connectivity index (χ0n) is 11.1. The van der Waals surface area contributed by atoms with Crippen LogP contribution in [0.1, 0.15) is 12.8 Å². The lowest BCUT2D eigenvalue weighted by Crippen LogP contribution is -2.44. The summed E-state index contributed by atoms with van der Waals surface area (Å²) in [4.78, 5) is -0.590. The molecule has 0 aromatic heterocycles. The molecule has 0 unspecified atom stereocenters. The molecule has 1 aliphatic rings. The lowest BCUT2D eigenvalue weighted by molar-refractivity contribution is -0.182. The summed E-state index contributed by atoms with van der Waals surface area (Å²) in [6.07, 6.45) is -4.52. The van der Waals surface area contributed by atoms with Gasteiger partial charge in [-0.1, -0.05) is 23.2 Å². The van der Waals surface area contributed by atoms with Crippen molar-refractivity contribution in [2.75, 3.05) is 13.1 Å². The van der Waals surface area contributed by atoms with Gasteiger partial charge in [0.15, 0.2) is 5.75 Å². The van der Waals surface area contributed by atoms with E-state index in [0.717, 1.165) is 12.1 Å². The summed E-state index contributed by atoms with van der Waals surface area (Å²) in [7, 11) is -4.32. The average molecular weight is 378 g/mol. The highest BCUT2D eigenvalue weighted by molar-refractivity contribution is 7.89. The van der Waals surface area contributed by atoms with Crippen LogP contribution in [0.5, 0.6) is 5.75 Å². The van der Waals surface area contributed by atoms with Crippen molar-refractivity contribution in [3.05, 3.63) is 22.2 Å². The Bertz CT molecular complexity index is 679. The smallest absolute Gasteiger partial charge is 0.393 e. The van der Waals surface area contributed by atoms with Gasteiger partial charge in [0.2, 0.25) is 10.0 Å². The minimum absolute atomic E-state index is 0.0363. The third-order valence-corrected chi connectivity index (χ3v) is 5.84. The molecule has 1 aliphatic heterocycles. The standard InChI is InChI=1S/C12H12Cl2F3NO3S/c13-8-4-9(14)11(19)10(5-8)22(20,21)18-3-1-2-7(6-18)12(15,16)17/h4-5,7,19H,1-3,6H2/t7-/m1/s1. The van der Waals surface area contributed by atoms with Gasteiger partial charge in [-0.2, -0.15) is 17.5 Å². The molecular formula is C12H12Cl2F3NO3S. The van der Waals surface area contributed by atoms with Crippen molar-refractivity contribution in [1.82, 2.24) is 4.31 Å². The summed E-state index contributed by atoms with van der Waals surface area (Å²) in [5.74, 6) is -2.45. The summed E-state index contributed by atoms with van der Waals surface area (Å²) in [5, 5.41) is 9.48. The first-order valence-electron chi connectivity index (χ1n) is 6.28. The number of aromatic hydroxyl groups is 1. The maximum absolute atomic E-state index is 12.8. The Morgan fingerprint density at radius 1 is 1.27 bits per heavy atom. The second-order valence-corrected chi connectivity index (χ2v) is 7.73. The molecule has 1 aromatic carbocycles. The van der Waals surface area contributed by atoms with Crippen LogP contribution in [0.25, 0.3) is 0 Å². The Hall–Kier alpha value is -0.700. The molecule has 1 fully saturated rings. The predicted molar refractivity (Wildman–Crippen MR) is 75.7 cm³/mol. The first-order chi connectivity index (χ1) is 10.0. The largest absolute Gasteiger partial charge is 0.505 e. The van der Waals surface area contributed by atoms with Gasteiger partial charge in [-0.3, -0.25) is 0 Å². The number of piperidine rings is 1. The first-order valence-corrected chi connectivity index (χ1v) is 8.48. The number of halogens is 5. The van der Waals surface area contributed by atoms with Gasteiger partial charge in [0.1, 0.15) is 4.90 Å². The fraction of sp³-hybridized carbons (Fsp3) is 0.500. The van der Waals surface area contributed by atoms with E-state index < -0.39 is 39.3 Å². The van der Waals surface area contributed by atoms with E-state index in [1.807, 2.05) is 0 Å². The van der Waals surface area contributed by atoms with Crippen molar-refractivity contribution >= 4 is 33.2 Å². The van der Waals surface area contributed by atoms with Crippen LogP contribution < -0.4 is 0 Å². The molecular weight excluding hydrogens is 366 g/mol. The third-order valence-electron chi connectivity index (χ3n) is 3.46. The molecule has 1 N–H and O–H groups in total. The maximum Gasteiger partial charge on any atom is 0.393 e. The second-order valence-electron chi connectivity index (χ2n) is 4.98. The van der Waals surface area contributed by atoms with Crippen LogP contribution in [-0.4, -0.2) is 37.1 Å². The lowest BCUT2D eigenvalue weighted by atomic mass is 9.99. The van der Waals surface area contributed by atoms with Crippen molar-refractivity contribution in [3.8, 4) is 5.75 Å². The fourth-order valence-corrected chi connectivity index (χ4v) is 4.57. The fourth-order valence-electron chi connectivity index (χ4n) is 2.31. The molecule has 124 valence electrons. The number of phenols is 1. The molecule has 1 heterocycles. The quantitative estimate of drug-likeness (QED) is 0.855. The summed E-state index contributed by atoms with van der Waals surface area (Å²) < 4.78 is 64.0. The predicted octanol–water partition coefficient (Wildman–Crippen LogP) is 3.66. The van der Waals surface area contributed by atoms with Crippen LogP contribution in [-0.2, 0) is 10.0 Å². The van der Waals surface area contributed by atoms with E-state index in [1.165, 1.54) is 0 Å². The molecule has 1 atom stereocenters. The molecule has 1 saturated heterocycles. The van der Waals surface area contributed by atoms with Crippen LogP contribution in [0.3, 0.4) is 0 Å². The number of alkyl halides is 3. The van der Waals surface area contributed by atoms with Crippen molar-refractivity contribution in [2.45, 2.75) is 23.9 Å². The Balaban J connectivity index is 2.39. The number of sulfonamides is 1. The van der Waals surface area contributed by atoms with E-state index in [0.29, 0.717) is 4.31 Å². The van der Waals surface area contributed by atoms with Crippen LogP contribution >= 0.6 is 23.2 Å². The lowest BCUT2D eigenvalue weighted by Gasteiger charge is -2.33. The Kier molecular flexibility index (Phi) is 4.87. The number of hydrogen-bond acceptors (Lipinski definition) is 3. The minimum atomic E-state index is -4.47. The first kappa shape index (κ1) is 17.7. The summed E-state index contributed by atoms with van der Waals surface area (Å²) in [6, 6.07) is 2.11. The van der Waals surface area contributed by atoms with Crippen LogP contribution in [0.4, 0.5) is 13.2 Å². The summed E-state index contributed by atoms with van der Waals surface area (Å²) in [6.45, 7) is -0.742. The topological polar surface area (TPSA) is 57.6 Å². The van der Waals surface area contributed by atoms with Crippen LogP contribution in [0.2, 0.25) is 10.0 Å². The molecule has 0 radical (unpaired) electrons. The SMILES string of the molecule is O=S(=O)(c1cc(Cl)cc(Cl)c1O)N1CCC[C@@H](C(F)(F)F)C1. The van der Waals surface area contributed by atoms with Crippen LogP contribution in [0.15, 0.2) is 17.0 Å². The van der Waals surface area contributed by atoms with Crippen molar-refractivity contribution in [1.29, 1.82) is 0 Å². The number of benzene rings is 1. The van der Waals surface area contributed by atoms with E-state index in [2.05, 4.69) is 0 Å². The molecule has 1 aromatic rings.